The van der Waals surface area contributed by atoms with Gasteiger partial charge < -0.3 is 9.64 Å². The van der Waals surface area contributed by atoms with Crippen LogP contribution >= 0.6 is 11.6 Å². The molecule has 1 spiro atoms. The van der Waals surface area contributed by atoms with E-state index in [-0.39, 0.29) is 11.5 Å². The van der Waals surface area contributed by atoms with Gasteiger partial charge in [0.25, 0.3) is 5.91 Å². The lowest BCUT2D eigenvalue weighted by Gasteiger charge is -2.30. The number of likely N-dealkylation sites (tertiary alicyclic amines) is 1. The predicted octanol–water partition coefficient (Wildman–Crippen LogP) is 2.65. The SMILES string of the molecule is Cc1ccc(C(=O)N2CCC3(CC2)CO3)c(Cl)c1. The average Bonchev–Trinajstić information content (AvgIpc) is 3.09. The first-order valence-electron chi connectivity index (χ1n) is 6.29. The third kappa shape index (κ3) is 2.13. The number of halogens is 1. The zero-order chi connectivity index (χ0) is 12.8. The molecule has 4 heteroatoms. The highest BCUT2D eigenvalue weighted by molar-refractivity contribution is 6.33. The van der Waals surface area contributed by atoms with E-state index >= 15 is 0 Å². The Hall–Kier alpha value is -1.06. The summed E-state index contributed by atoms with van der Waals surface area (Å²) in [5.74, 6) is 0.0375. The number of ether oxygens (including phenoxy) is 1. The van der Waals surface area contributed by atoms with Crippen molar-refractivity contribution in [2.24, 2.45) is 0 Å². The number of aryl methyl sites for hydroxylation is 1. The summed E-state index contributed by atoms with van der Waals surface area (Å²) in [5, 5.41) is 0.544. The van der Waals surface area contributed by atoms with Gasteiger partial charge in [-0.25, -0.2) is 0 Å². The molecule has 18 heavy (non-hydrogen) atoms. The van der Waals surface area contributed by atoms with Crippen LogP contribution in [0, 0.1) is 6.92 Å². The fraction of sp³-hybridized carbons (Fsp3) is 0.500. The first kappa shape index (κ1) is 12.0. The second-order valence-electron chi connectivity index (χ2n) is 5.25. The summed E-state index contributed by atoms with van der Waals surface area (Å²) < 4.78 is 5.45. The van der Waals surface area contributed by atoms with Crippen molar-refractivity contribution in [2.45, 2.75) is 25.4 Å². The summed E-state index contributed by atoms with van der Waals surface area (Å²) in [7, 11) is 0. The van der Waals surface area contributed by atoms with E-state index in [1.165, 1.54) is 0 Å². The number of piperidine rings is 1. The molecule has 2 fully saturated rings. The van der Waals surface area contributed by atoms with Gasteiger partial charge in [0.1, 0.15) is 0 Å². The monoisotopic (exact) mass is 265 g/mol. The van der Waals surface area contributed by atoms with Crippen molar-refractivity contribution >= 4 is 17.5 Å². The van der Waals surface area contributed by atoms with E-state index in [2.05, 4.69) is 0 Å². The highest BCUT2D eigenvalue weighted by Gasteiger charge is 2.47. The van der Waals surface area contributed by atoms with Gasteiger partial charge in [-0.2, -0.15) is 0 Å². The van der Waals surface area contributed by atoms with Crippen molar-refractivity contribution in [2.75, 3.05) is 19.7 Å². The Morgan fingerprint density at radius 1 is 1.39 bits per heavy atom. The summed E-state index contributed by atoms with van der Waals surface area (Å²) in [4.78, 5) is 14.2. The van der Waals surface area contributed by atoms with Gasteiger partial charge in [-0.3, -0.25) is 4.79 Å². The van der Waals surface area contributed by atoms with Gasteiger partial charge >= 0.3 is 0 Å². The maximum absolute atomic E-state index is 12.4. The number of rotatable bonds is 1. The minimum atomic E-state index is 0.0375. The molecule has 1 amide bonds. The molecule has 0 N–H and O–H groups in total. The largest absolute Gasteiger partial charge is 0.369 e. The molecule has 0 unspecified atom stereocenters. The van der Waals surface area contributed by atoms with Crippen molar-refractivity contribution in [3.05, 3.63) is 34.3 Å². The zero-order valence-corrected chi connectivity index (χ0v) is 11.2. The number of benzene rings is 1. The van der Waals surface area contributed by atoms with Crippen LogP contribution in [0.25, 0.3) is 0 Å². The molecule has 96 valence electrons. The van der Waals surface area contributed by atoms with Crippen LogP contribution in [0.1, 0.15) is 28.8 Å². The molecule has 0 aromatic heterocycles. The van der Waals surface area contributed by atoms with Crippen molar-refractivity contribution in [3.8, 4) is 0 Å². The number of epoxide rings is 1. The highest BCUT2D eigenvalue weighted by atomic mass is 35.5. The number of carbonyl (C=O) groups excluding carboxylic acids is 1. The van der Waals surface area contributed by atoms with E-state index < -0.39 is 0 Å². The Morgan fingerprint density at radius 3 is 2.61 bits per heavy atom. The maximum Gasteiger partial charge on any atom is 0.255 e. The maximum atomic E-state index is 12.4. The Bertz CT molecular complexity index is 487. The standard InChI is InChI=1S/C14H16ClNO2/c1-10-2-3-11(12(15)8-10)13(17)16-6-4-14(5-7-16)9-18-14/h2-3,8H,4-7,9H2,1H3. The van der Waals surface area contributed by atoms with Crippen molar-refractivity contribution in [3.63, 3.8) is 0 Å². The van der Waals surface area contributed by atoms with Crippen LogP contribution in [0.4, 0.5) is 0 Å². The smallest absolute Gasteiger partial charge is 0.255 e. The molecule has 3 rings (SSSR count). The number of amides is 1. The van der Waals surface area contributed by atoms with Gasteiger partial charge in [0.05, 0.1) is 22.8 Å². The van der Waals surface area contributed by atoms with Crippen LogP contribution in [-0.4, -0.2) is 36.1 Å². The highest BCUT2D eigenvalue weighted by Crippen LogP contribution is 2.38. The van der Waals surface area contributed by atoms with Crippen LogP contribution in [0.2, 0.25) is 5.02 Å². The lowest BCUT2D eigenvalue weighted by molar-refractivity contribution is 0.0663. The van der Waals surface area contributed by atoms with E-state index in [0.717, 1.165) is 38.1 Å². The Kier molecular flexibility index (Phi) is 2.83. The Labute approximate surface area is 112 Å². The molecule has 2 aliphatic heterocycles. The third-order valence-corrected chi connectivity index (χ3v) is 4.18. The van der Waals surface area contributed by atoms with Gasteiger partial charge in [-0.1, -0.05) is 17.7 Å². The quantitative estimate of drug-likeness (QED) is 0.732. The number of hydrogen-bond donors (Lipinski definition) is 0. The molecule has 0 bridgehead atoms. The summed E-state index contributed by atoms with van der Waals surface area (Å²) in [5.41, 5.74) is 1.78. The van der Waals surface area contributed by atoms with Crippen LogP contribution in [0.15, 0.2) is 18.2 Å². The molecule has 2 saturated heterocycles. The van der Waals surface area contributed by atoms with Gasteiger partial charge in [0, 0.05) is 13.1 Å². The lowest BCUT2D eigenvalue weighted by atomic mass is 9.97. The Morgan fingerprint density at radius 2 is 2.06 bits per heavy atom. The molecule has 2 aliphatic rings. The third-order valence-electron chi connectivity index (χ3n) is 3.87. The van der Waals surface area contributed by atoms with E-state index in [9.17, 15) is 4.79 Å². The molecule has 2 heterocycles. The number of carbonyl (C=O) groups is 1. The number of hydrogen-bond acceptors (Lipinski definition) is 2. The van der Waals surface area contributed by atoms with Gasteiger partial charge in [-0.15, -0.1) is 0 Å². The topological polar surface area (TPSA) is 32.8 Å². The van der Waals surface area contributed by atoms with Crippen LogP contribution in [-0.2, 0) is 4.74 Å². The van der Waals surface area contributed by atoms with E-state index in [1.54, 1.807) is 0 Å². The van der Waals surface area contributed by atoms with E-state index in [0.29, 0.717) is 10.6 Å². The summed E-state index contributed by atoms with van der Waals surface area (Å²) in [6.45, 7) is 4.36. The van der Waals surface area contributed by atoms with Crippen molar-refractivity contribution < 1.29 is 9.53 Å². The summed E-state index contributed by atoms with van der Waals surface area (Å²) in [6.07, 6.45) is 1.89. The normalized spacial score (nSPS) is 21.1. The van der Waals surface area contributed by atoms with E-state index in [4.69, 9.17) is 16.3 Å². The van der Waals surface area contributed by atoms with Crippen LogP contribution < -0.4 is 0 Å². The predicted molar refractivity (Wildman–Crippen MR) is 70.0 cm³/mol. The van der Waals surface area contributed by atoms with Gasteiger partial charge in [-0.05, 0) is 37.5 Å². The summed E-state index contributed by atoms with van der Waals surface area (Å²) in [6, 6.07) is 5.58. The zero-order valence-electron chi connectivity index (χ0n) is 10.4. The number of nitrogens with zero attached hydrogens (tertiary/aromatic N) is 1. The van der Waals surface area contributed by atoms with Crippen molar-refractivity contribution in [1.82, 2.24) is 4.90 Å². The fourth-order valence-electron chi connectivity index (χ4n) is 2.47. The van der Waals surface area contributed by atoms with E-state index in [1.807, 2.05) is 30.0 Å². The molecule has 0 saturated carbocycles. The van der Waals surface area contributed by atoms with Gasteiger partial charge in [0.15, 0.2) is 0 Å². The summed E-state index contributed by atoms with van der Waals surface area (Å²) >= 11 is 6.14. The molecule has 1 aromatic carbocycles. The molecule has 0 aliphatic carbocycles. The molecular weight excluding hydrogens is 250 g/mol. The molecule has 3 nitrogen and oxygen atoms in total. The minimum Gasteiger partial charge on any atom is -0.369 e. The van der Waals surface area contributed by atoms with Crippen molar-refractivity contribution in [1.29, 1.82) is 0 Å². The second kappa shape index (κ2) is 4.25. The molecule has 0 radical (unpaired) electrons. The molecular formula is C14H16ClNO2. The first-order valence-corrected chi connectivity index (χ1v) is 6.67. The Balaban J connectivity index is 1.74. The molecule has 1 aromatic rings. The first-order chi connectivity index (χ1) is 8.60. The van der Waals surface area contributed by atoms with Crippen LogP contribution in [0.5, 0.6) is 0 Å². The van der Waals surface area contributed by atoms with Crippen LogP contribution in [0.3, 0.4) is 0 Å². The lowest BCUT2D eigenvalue weighted by Crippen LogP contribution is -2.41. The van der Waals surface area contributed by atoms with Gasteiger partial charge in [0.2, 0.25) is 0 Å². The molecule has 0 atom stereocenters. The fourth-order valence-corrected chi connectivity index (χ4v) is 2.79. The average molecular weight is 266 g/mol. The minimum absolute atomic E-state index is 0.0375. The second-order valence-corrected chi connectivity index (χ2v) is 5.65.